The van der Waals surface area contributed by atoms with Gasteiger partial charge in [0.2, 0.25) is 0 Å². The Labute approximate surface area is 97.5 Å². The van der Waals surface area contributed by atoms with E-state index in [0.717, 1.165) is 11.5 Å². The first-order valence-corrected chi connectivity index (χ1v) is 5.53. The summed E-state index contributed by atoms with van der Waals surface area (Å²) in [7, 11) is 1.70. The van der Waals surface area contributed by atoms with Gasteiger partial charge in [-0.1, -0.05) is 13.8 Å². The van der Waals surface area contributed by atoms with Crippen molar-refractivity contribution in [2.75, 3.05) is 19.0 Å². The molecule has 0 aromatic carbocycles. The van der Waals surface area contributed by atoms with Gasteiger partial charge in [0.1, 0.15) is 12.1 Å². The molecule has 16 heavy (non-hydrogen) atoms. The zero-order chi connectivity index (χ0) is 12.2. The zero-order valence-corrected chi connectivity index (χ0v) is 10.7. The molecule has 4 nitrogen and oxygen atoms in total. The Bertz CT molecular complexity index is 337. The second-order valence-corrected chi connectivity index (χ2v) is 4.92. The molecule has 1 heterocycles. The number of nitrogens with zero attached hydrogens (tertiary/aromatic N) is 2. The molecule has 0 aliphatic carbocycles. The van der Waals surface area contributed by atoms with Gasteiger partial charge in [-0.05, 0) is 19.8 Å². The molecule has 1 aromatic heterocycles. The van der Waals surface area contributed by atoms with Gasteiger partial charge in [0.05, 0.1) is 12.1 Å². The number of aromatic nitrogens is 2. The van der Waals surface area contributed by atoms with Crippen LogP contribution in [0.15, 0.2) is 12.4 Å². The van der Waals surface area contributed by atoms with Gasteiger partial charge in [0.25, 0.3) is 0 Å². The normalized spacial score (nSPS) is 11.9. The lowest BCUT2D eigenvalue weighted by Gasteiger charge is -2.26. The number of anilines is 1. The summed E-state index contributed by atoms with van der Waals surface area (Å²) in [6.45, 7) is 9.02. The lowest BCUT2D eigenvalue weighted by molar-refractivity contribution is 0.158. The maximum absolute atomic E-state index is 5.15. The maximum atomic E-state index is 5.15. The van der Waals surface area contributed by atoms with Crippen molar-refractivity contribution in [1.82, 2.24) is 9.97 Å². The standard InChI is InChI=1S/C12H21N3O/c1-9(2)10-6-11(14-8-13-10)15-12(3,4)7-16-5/h6,8-9H,7H2,1-5H3,(H,13,14,15). The summed E-state index contributed by atoms with van der Waals surface area (Å²) in [5.41, 5.74) is 0.919. The molecule has 0 spiro atoms. The van der Waals surface area contributed by atoms with Crippen molar-refractivity contribution in [2.24, 2.45) is 0 Å². The summed E-state index contributed by atoms with van der Waals surface area (Å²) < 4.78 is 5.15. The highest BCUT2D eigenvalue weighted by atomic mass is 16.5. The van der Waals surface area contributed by atoms with Gasteiger partial charge in [-0.25, -0.2) is 9.97 Å². The highest BCUT2D eigenvalue weighted by Crippen LogP contribution is 2.17. The minimum Gasteiger partial charge on any atom is -0.382 e. The summed E-state index contributed by atoms with van der Waals surface area (Å²) in [4.78, 5) is 8.44. The van der Waals surface area contributed by atoms with E-state index in [1.165, 1.54) is 0 Å². The average molecular weight is 223 g/mol. The quantitative estimate of drug-likeness (QED) is 0.833. The summed E-state index contributed by atoms with van der Waals surface area (Å²) in [6, 6.07) is 1.99. The highest BCUT2D eigenvalue weighted by Gasteiger charge is 2.17. The summed E-state index contributed by atoms with van der Waals surface area (Å²) in [5.74, 6) is 1.26. The molecule has 0 saturated carbocycles. The van der Waals surface area contributed by atoms with Crippen molar-refractivity contribution < 1.29 is 4.74 Å². The van der Waals surface area contributed by atoms with Crippen molar-refractivity contribution in [2.45, 2.75) is 39.2 Å². The van der Waals surface area contributed by atoms with Crippen molar-refractivity contribution in [3.05, 3.63) is 18.1 Å². The van der Waals surface area contributed by atoms with Crippen LogP contribution >= 0.6 is 0 Å². The predicted octanol–water partition coefficient (Wildman–Crippen LogP) is 2.44. The molecular formula is C12H21N3O. The molecule has 1 rings (SSSR count). The van der Waals surface area contributed by atoms with Gasteiger partial charge in [0, 0.05) is 18.9 Å². The molecule has 4 heteroatoms. The third-order valence-electron chi connectivity index (χ3n) is 2.25. The smallest absolute Gasteiger partial charge is 0.130 e. The first kappa shape index (κ1) is 12.9. The van der Waals surface area contributed by atoms with Gasteiger partial charge in [-0.15, -0.1) is 0 Å². The molecule has 0 unspecified atom stereocenters. The third kappa shape index (κ3) is 3.77. The Kier molecular flexibility index (Phi) is 4.24. The van der Waals surface area contributed by atoms with Gasteiger partial charge in [0.15, 0.2) is 0 Å². The van der Waals surface area contributed by atoms with E-state index in [-0.39, 0.29) is 5.54 Å². The van der Waals surface area contributed by atoms with Gasteiger partial charge in [-0.2, -0.15) is 0 Å². The van der Waals surface area contributed by atoms with Crippen LogP contribution in [0.4, 0.5) is 5.82 Å². The van der Waals surface area contributed by atoms with Crippen LogP contribution < -0.4 is 5.32 Å². The largest absolute Gasteiger partial charge is 0.382 e. The predicted molar refractivity (Wildman–Crippen MR) is 65.7 cm³/mol. The maximum Gasteiger partial charge on any atom is 0.130 e. The molecular weight excluding hydrogens is 202 g/mol. The topological polar surface area (TPSA) is 47.0 Å². The molecule has 90 valence electrons. The van der Waals surface area contributed by atoms with Gasteiger partial charge >= 0.3 is 0 Å². The molecule has 0 aliphatic heterocycles. The first-order chi connectivity index (χ1) is 7.44. The number of ether oxygens (including phenoxy) is 1. The Hall–Kier alpha value is -1.16. The Balaban J connectivity index is 2.77. The molecule has 0 amide bonds. The van der Waals surface area contributed by atoms with E-state index in [0.29, 0.717) is 12.5 Å². The van der Waals surface area contributed by atoms with Gasteiger partial charge < -0.3 is 10.1 Å². The van der Waals surface area contributed by atoms with Crippen LogP contribution in [0.2, 0.25) is 0 Å². The lowest BCUT2D eigenvalue weighted by atomic mass is 10.1. The fourth-order valence-electron chi connectivity index (χ4n) is 1.50. The minimum absolute atomic E-state index is 0.128. The molecule has 0 bridgehead atoms. The molecule has 1 aromatic rings. The Morgan fingerprint density at radius 1 is 1.38 bits per heavy atom. The van der Waals surface area contributed by atoms with Crippen molar-refractivity contribution in [3.8, 4) is 0 Å². The minimum atomic E-state index is -0.128. The summed E-state index contributed by atoms with van der Waals surface area (Å²) >= 11 is 0. The van der Waals surface area contributed by atoms with Crippen LogP contribution in [0.25, 0.3) is 0 Å². The third-order valence-corrected chi connectivity index (χ3v) is 2.25. The lowest BCUT2D eigenvalue weighted by Crippen LogP contribution is -2.36. The van der Waals surface area contributed by atoms with Gasteiger partial charge in [-0.3, -0.25) is 0 Å². The molecule has 0 radical (unpaired) electrons. The van der Waals surface area contributed by atoms with E-state index < -0.39 is 0 Å². The number of hydrogen-bond acceptors (Lipinski definition) is 4. The molecule has 0 aliphatic rings. The van der Waals surface area contributed by atoms with E-state index >= 15 is 0 Å². The second-order valence-electron chi connectivity index (χ2n) is 4.92. The van der Waals surface area contributed by atoms with Crippen LogP contribution in [0.5, 0.6) is 0 Å². The SMILES string of the molecule is COCC(C)(C)Nc1cc(C(C)C)ncn1. The molecule has 0 atom stereocenters. The van der Waals surface area contributed by atoms with E-state index in [2.05, 4.69) is 43.0 Å². The van der Waals surface area contributed by atoms with E-state index in [4.69, 9.17) is 4.74 Å². The molecule has 0 fully saturated rings. The second kappa shape index (κ2) is 5.25. The fraction of sp³-hybridized carbons (Fsp3) is 0.667. The molecule has 0 saturated heterocycles. The van der Waals surface area contributed by atoms with Crippen LogP contribution in [0, 0.1) is 0 Å². The summed E-state index contributed by atoms with van der Waals surface area (Å²) in [6.07, 6.45) is 1.60. The van der Waals surface area contributed by atoms with Crippen LogP contribution in [0.3, 0.4) is 0 Å². The van der Waals surface area contributed by atoms with Crippen molar-refractivity contribution in [3.63, 3.8) is 0 Å². The Morgan fingerprint density at radius 2 is 2.06 bits per heavy atom. The number of methoxy groups -OCH3 is 1. The van der Waals surface area contributed by atoms with E-state index in [1.54, 1.807) is 13.4 Å². The fourth-order valence-corrected chi connectivity index (χ4v) is 1.50. The number of hydrogen-bond donors (Lipinski definition) is 1. The van der Waals surface area contributed by atoms with Crippen molar-refractivity contribution >= 4 is 5.82 Å². The average Bonchev–Trinajstić information content (AvgIpc) is 2.17. The van der Waals surface area contributed by atoms with E-state index in [9.17, 15) is 0 Å². The number of nitrogens with one attached hydrogen (secondary N) is 1. The van der Waals surface area contributed by atoms with Crippen molar-refractivity contribution in [1.29, 1.82) is 0 Å². The van der Waals surface area contributed by atoms with E-state index in [1.807, 2.05) is 6.07 Å². The zero-order valence-electron chi connectivity index (χ0n) is 10.7. The van der Waals surface area contributed by atoms with Crippen LogP contribution in [-0.4, -0.2) is 29.2 Å². The monoisotopic (exact) mass is 223 g/mol. The molecule has 1 N–H and O–H groups in total. The first-order valence-electron chi connectivity index (χ1n) is 5.53. The van der Waals surface area contributed by atoms with Crippen LogP contribution in [-0.2, 0) is 4.74 Å². The Morgan fingerprint density at radius 3 is 2.62 bits per heavy atom. The highest BCUT2D eigenvalue weighted by molar-refractivity contribution is 5.38. The number of rotatable bonds is 5. The summed E-state index contributed by atoms with van der Waals surface area (Å²) in [5, 5.41) is 3.34. The van der Waals surface area contributed by atoms with Crippen LogP contribution in [0.1, 0.15) is 39.3 Å².